The Balaban J connectivity index is 1.39. The summed E-state index contributed by atoms with van der Waals surface area (Å²) in [4.78, 5) is 0. The maximum atomic E-state index is 6.17. The Morgan fingerprint density at radius 2 is 1.38 bits per heavy atom. The van der Waals surface area contributed by atoms with E-state index in [4.69, 9.17) is 28.4 Å². The summed E-state index contributed by atoms with van der Waals surface area (Å²) in [6.07, 6.45) is 4.83. The zero-order valence-electron chi connectivity index (χ0n) is 12.3. The fourth-order valence-electron chi connectivity index (χ4n) is 2.85. The van der Waals surface area contributed by atoms with Crippen LogP contribution in [0.25, 0.3) is 0 Å². The Bertz CT molecular complexity index is 334. The minimum Gasteiger partial charge on any atom is -0.371 e. The zero-order chi connectivity index (χ0) is 14.1. The Hall–Kier alpha value is -0.240. The van der Waals surface area contributed by atoms with Gasteiger partial charge in [0.25, 0.3) is 0 Å². The van der Waals surface area contributed by atoms with E-state index in [0.29, 0.717) is 19.8 Å². The fourth-order valence-corrected chi connectivity index (χ4v) is 2.85. The molecule has 0 N–H and O–H groups in total. The van der Waals surface area contributed by atoms with Gasteiger partial charge in [0.15, 0.2) is 5.79 Å². The quantitative estimate of drug-likeness (QED) is 0.465. The summed E-state index contributed by atoms with van der Waals surface area (Å²) in [5.41, 5.74) is 0. The molecule has 6 heteroatoms. The number of epoxide rings is 3. The Kier molecular flexibility index (Phi) is 4.17. The molecule has 3 aliphatic heterocycles. The lowest BCUT2D eigenvalue weighted by molar-refractivity contribution is -0.306. The van der Waals surface area contributed by atoms with Crippen LogP contribution in [0.5, 0.6) is 0 Å². The van der Waals surface area contributed by atoms with E-state index >= 15 is 0 Å². The molecule has 4 fully saturated rings. The molecule has 21 heavy (non-hydrogen) atoms. The normalized spacial score (nSPS) is 44.6. The first-order chi connectivity index (χ1) is 10.3. The molecule has 0 aromatic rings. The first kappa shape index (κ1) is 14.4. The molecular weight excluding hydrogens is 276 g/mol. The van der Waals surface area contributed by atoms with Crippen molar-refractivity contribution < 1.29 is 28.4 Å². The molecule has 0 aromatic carbocycles. The molecule has 1 saturated carbocycles. The fraction of sp³-hybridized carbons (Fsp3) is 1.00. The van der Waals surface area contributed by atoms with E-state index < -0.39 is 5.79 Å². The van der Waals surface area contributed by atoms with E-state index in [1.54, 1.807) is 0 Å². The van der Waals surface area contributed by atoms with Crippen molar-refractivity contribution in [3.05, 3.63) is 0 Å². The van der Waals surface area contributed by atoms with Crippen LogP contribution in [0.15, 0.2) is 0 Å². The molecule has 1 aliphatic carbocycles. The van der Waals surface area contributed by atoms with Gasteiger partial charge in [0.05, 0.1) is 39.6 Å². The van der Waals surface area contributed by atoms with Gasteiger partial charge in [-0.05, 0) is 12.8 Å². The molecule has 0 radical (unpaired) electrons. The monoisotopic (exact) mass is 300 g/mol. The highest BCUT2D eigenvalue weighted by molar-refractivity contribution is 4.88. The number of rotatable bonds is 9. The topological polar surface area (TPSA) is 65.3 Å². The summed E-state index contributed by atoms with van der Waals surface area (Å²) >= 11 is 0. The van der Waals surface area contributed by atoms with E-state index in [1.807, 2.05) is 0 Å². The average molecular weight is 300 g/mol. The summed E-state index contributed by atoms with van der Waals surface area (Å²) < 4.78 is 34.2. The number of hydrogen-bond donors (Lipinski definition) is 0. The Morgan fingerprint density at radius 1 is 0.810 bits per heavy atom. The minimum atomic E-state index is -0.634. The van der Waals surface area contributed by atoms with Crippen LogP contribution >= 0.6 is 0 Å². The molecule has 4 atom stereocenters. The smallest absolute Gasteiger partial charge is 0.194 e. The maximum Gasteiger partial charge on any atom is 0.194 e. The van der Waals surface area contributed by atoms with Crippen molar-refractivity contribution in [2.45, 2.75) is 55.9 Å². The predicted octanol–water partition coefficient (Wildman–Crippen LogP) is 0.871. The first-order valence-corrected chi connectivity index (χ1v) is 8.08. The Morgan fingerprint density at radius 3 is 1.95 bits per heavy atom. The average Bonchev–Trinajstić information content (AvgIpc) is 3.39. The van der Waals surface area contributed by atoms with Crippen LogP contribution in [0, 0.1) is 0 Å². The molecule has 0 amide bonds. The lowest BCUT2D eigenvalue weighted by Crippen LogP contribution is -2.52. The van der Waals surface area contributed by atoms with Crippen molar-refractivity contribution in [3.8, 4) is 0 Å². The number of hydrogen-bond acceptors (Lipinski definition) is 6. The van der Waals surface area contributed by atoms with Crippen molar-refractivity contribution in [1.29, 1.82) is 0 Å². The van der Waals surface area contributed by atoms with Crippen LogP contribution < -0.4 is 0 Å². The molecule has 4 aliphatic rings. The second-order valence-corrected chi connectivity index (χ2v) is 6.37. The van der Waals surface area contributed by atoms with Gasteiger partial charge in [-0.3, -0.25) is 0 Å². The van der Waals surface area contributed by atoms with Crippen LogP contribution in [0.4, 0.5) is 0 Å². The van der Waals surface area contributed by atoms with Crippen LogP contribution in [0.3, 0.4) is 0 Å². The molecule has 4 unspecified atom stereocenters. The Labute approximate surface area is 125 Å². The largest absolute Gasteiger partial charge is 0.371 e. The highest BCUT2D eigenvalue weighted by atomic mass is 16.7. The molecule has 0 bridgehead atoms. The van der Waals surface area contributed by atoms with Crippen molar-refractivity contribution >= 4 is 0 Å². The van der Waals surface area contributed by atoms with Gasteiger partial charge < -0.3 is 28.4 Å². The van der Waals surface area contributed by atoms with Gasteiger partial charge >= 0.3 is 0 Å². The summed E-state index contributed by atoms with van der Waals surface area (Å²) in [6.45, 7) is 4.22. The highest BCUT2D eigenvalue weighted by Gasteiger charge is 2.47. The second-order valence-electron chi connectivity index (χ2n) is 6.37. The van der Waals surface area contributed by atoms with E-state index in [2.05, 4.69) is 0 Å². The molecule has 4 rings (SSSR count). The van der Waals surface area contributed by atoms with Crippen LogP contribution in [0.2, 0.25) is 0 Å². The van der Waals surface area contributed by atoms with E-state index in [1.165, 1.54) is 0 Å². The van der Waals surface area contributed by atoms with E-state index in [0.717, 1.165) is 45.5 Å². The van der Waals surface area contributed by atoms with E-state index in [9.17, 15) is 0 Å². The summed E-state index contributed by atoms with van der Waals surface area (Å²) in [6, 6.07) is 0. The summed E-state index contributed by atoms with van der Waals surface area (Å²) in [7, 11) is 0. The van der Waals surface area contributed by atoms with Crippen molar-refractivity contribution in [2.75, 3.05) is 39.6 Å². The minimum absolute atomic E-state index is 0.0204. The van der Waals surface area contributed by atoms with Crippen LogP contribution in [0.1, 0.15) is 25.7 Å². The third kappa shape index (κ3) is 3.94. The van der Waals surface area contributed by atoms with Crippen LogP contribution in [-0.2, 0) is 28.4 Å². The van der Waals surface area contributed by atoms with Gasteiger partial charge in [0.1, 0.15) is 24.4 Å². The lowest BCUT2D eigenvalue weighted by Gasteiger charge is -2.43. The molecule has 3 heterocycles. The maximum absolute atomic E-state index is 6.17. The third-order valence-electron chi connectivity index (χ3n) is 4.45. The van der Waals surface area contributed by atoms with Gasteiger partial charge in [-0.25, -0.2) is 0 Å². The molecule has 0 spiro atoms. The molecule has 6 nitrogen and oxygen atoms in total. The van der Waals surface area contributed by atoms with Crippen LogP contribution in [-0.4, -0.2) is 69.8 Å². The van der Waals surface area contributed by atoms with Gasteiger partial charge in [-0.2, -0.15) is 0 Å². The van der Waals surface area contributed by atoms with Crippen molar-refractivity contribution in [2.24, 2.45) is 0 Å². The lowest BCUT2D eigenvalue weighted by atomic mass is 9.90. The molecule has 0 aromatic heterocycles. The zero-order valence-corrected chi connectivity index (χ0v) is 12.3. The summed E-state index contributed by atoms with van der Waals surface area (Å²) in [5, 5.41) is 0. The molecular formula is C15H24O6. The number of ether oxygens (including phenoxy) is 6. The third-order valence-corrected chi connectivity index (χ3v) is 4.45. The van der Waals surface area contributed by atoms with Gasteiger partial charge in [-0.15, -0.1) is 0 Å². The van der Waals surface area contributed by atoms with Crippen molar-refractivity contribution in [1.82, 2.24) is 0 Å². The summed E-state index contributed by atoms with van der Waals surface area (Å²) in [5.74, 6) is -0.634. The predicted molar refractivity (Wildman–Crippen MR) is 72.1 cm³/mol. The highest BCUT2D eigenvalue weighted by Crippen LogP contribution is 2.37. The van der Waals surface area contributed by atoms with Gasteiger partial charge in [0.2, 0.25) is 0 Å². The van der Waals surface area contributed by atoms with E-state index in [-0.39, 0.29) is 24.4 Å². The molecule has 120 valence electrons. The molecule has 3 saturated heterocycles. The van der Waals surface area contributed by atoms with Gasteiger partial charge in [-0.1, -0.05) is 6.42 Å². The van der Waals surface area contributed by atoms with Crippen molar-refractivity contribution in [3.63, 3.8) is 0 Å². The first-order valence-electron chi connectivity index (χ1n) is 8.08. The standard InChI is InChI=1S/C15H24O6/c1-2-4-15(20-9-12-6-17-12,21-10-13-7-18-13)14(3-1)19-8-11-5-16-11/h11-14H,1-10H2. The SMILES string of the molecule is C1CCC(OCC2CO2)(OCC2CO2)C(OCC2CO2)C1. The second kappa shape index (κ2) is 6.10. The van der Waals surface area contributed by atoms with Gasteiger partial charge in [0, 0.05) is 6.42 Å².